The van der Waals surface area contributed by atoms with Crippen LogP contribution in [0.15, 0.2) is 30.5 Å². The number of carbonyl (C=O) groups is 1. The maximum absolute atomic E-state index is 11.4. The van der Waals surface area contributed by atoms with Gasteiger partial charge in [0.2, 0.25) is 0 Å². The lowest BCUT2D eigenvalue weighted by Gasteiger charge is -2.07. The lowest BCUT2D eigenvalue weighted by Crippen LogP contribution is -2.34. The molecule has 1 aromatic carbocycles. The molecule has 4 nitrogen and oxygen atoms in total. The zero-order valence-corrected chi connectivity index (χ0v) is 11.1. The minimum absolute atomic E-state index is 0.199. The molecule has 0 radical (unpaired) electrons. The Labute approximate surface area is 108 Å². The lowest BCUT2D eigenvalue weighted by atomic mass is 10.2. The van der Waals surface area contributed by atoms with Crippen LogP contribution in [0.1, 0.15) is 19.4 Å². The van der Waals surface area contributed by atoms with Crippen LogP contribution in [0.2, 0.25) is 0 Å². The van der Waals surface area contributed by atoms with Gasteiger partial charge in [0.25, 0.3) is 0 Å². The van der Waals surface area contributed by atoms with E-state index in [0.29, 0.717) is 12.5 Å². The van der Waals surface area contributed by atoms with Crippen LogP contribution in [-0.4, -0.2) is 19.7 Å². The molecule has 0 atom stereocenters. The fourth-order valence-electron chi connectivity index (χ4n) is 1.36. The van der Waals surface area contributed by atoms with Gasteiger partial charge in [-0.1, -0.05) is 32.0 Å². The first-order chi connectivity index (χ1) is 8.63. The average molecular weight is 248 g/mol. The first-order valence-corrected chi connectivity index (χ1v) is 5.97. The summed E-state index contributed by atoms with van der Waals surface area (Å²) in [4.78, 5) is 11.4. The summed E-state index contributed by atoms with van der Waals surface area (Å²) in [5.74, 6) is 1.21. The third-order valence-corrected chi connectivity index (χ3v) is 2.29. The van der Waals surface area contributed by atoms with Crippen molar-refractivity contribution in [2.75, 3.05) is 13.7 Å². The normalized spacial score (nSPS) is 10.7. The number of urea groups is 1. The van der Waals surface area contributed by atoms with Gasteiger partial charge in [-0.25, -0.2) is 4.79 Å². The number of hydrogen-bond donors (Lipinski definition) is 2. The van der Waals surface area contributed by atoms with Gasteiger partial charge in [-0.2, -0.15) is 0 Å². The monoisotopic (exact) mass is 248 g/mol. The van der Waals surface area contributed by atoms with E-state index < -0.39 is 0 Å². The predicted molar refractivity (Wildman–Crippen MR) is 73.4 cm³/mol. The molecular weight excluding hydrogens is 228 g/mol. The molecule has 0 bridgehead atoms. The lowest BCUT2D eigenvalue weighted by molar-refractivity contribution is 0.243. The number of para-hydroxylation sites is 1. The summed E-state index contributed by atoms with van der Waals surface area (Å²) in [5, 5.41) is 5.42. The highest BCUT2D eigenvalue weighted by atomic mass is 16.5. The van der Waals surface area contributed by atoms with Crippen molar-refractivity contribution in [2.24, 2.45) is 5.92 Å². The van der Waals surface area contributed by atoms with E-state index in [1.807, 2.05) is 38.1 Å². The highest BCUT2D eigenvalue weighted by molar-refractivity contribution is 5.76. The Morgan fingerprint density at radius 2 is 2.11 bits per heavy atom. The van der Waals surface area contributed by atoms with E-state index in [1.165, 1.54) is 0 Å². The maximum Gasteiger partial charge on any atom is 0.318 e. The summed E-state index contributed by atoms with van der Waals surface area (Å²) in [6.07, 6.45) is 3.40. The molecule has 2 amide bonds. The van der Waals surface area contributed by atoms with E-state index in [0.717, 1.165) is 11.3 Å². The Morgan fingerprint density at radius 3 is 2.78 bits per heavy atom. The quantitative estimate of drug-likeness (QED) is 0.841. The Hall–Kier alpha value is -1.97. The molecule has 0 aliphatic rings. The molecule has 18 heavy (non-hydrogen) atoms. The van der Waals surface area contributed by atoms with Crippen LogP contribution >= 0.6 is 0 Å². The van der Waals surface area contributed by atoms with E-state index in [2.05, 4.69) is 10.6 Å². The fourth-order valence-corrected chi connectivity index (χ4v) is 1.36. The van der Waals surface area contributed by atoms with Gasteiger partial charge in [-0.15, -0.1) is 0 Å². The summed E-state index contributed by atoms with van der Waals surface area (Å²) >= 11 is 0. The summed E-state index contributed by atoms with van der Waals surface area (Å²) < 4.78 is 5.20. The SMILES string of the molecule is COc1ccccc1/C=C/NC(=O)NCC(C)C. The number of nitrogens with one attached hydrogen (secondary N) is 2. The third kappa shape index (κ3) is 4.91. The predicted octanol–water partition coefficient (Wildman–Crippen LogP) is 2.62. The Morgan fingerprint density at radius 1 is 1.39 bits per heavy atom. The molecule has 98 valence electrons. The van der Waals surface area contributed by atoms with Gasteiger partial charge in [-0.05, 0) is 18.1 Å². The van der Waals surface area contributed by atoms with Crippen molar-refractivity contribution < 1.29 is 9.53 Å². The zero-order chi connectivity index (χ0) is 13.4. The van der Waals surface area contributed by atoms with Crippen molar-refractivity contribution in [3.63, 3.8) is 0 Å². The molecule has 0 saturated carbocycles. The fraction of sp³-hybridized carbons (Fsp3) is 0.357. The molecule has 4 heteroatoms. The van der Waals surface area contributed by atoms with E-state index >= 15 is 0 Å². The number of hydrogen-bond acceptors (Lipinski definition) is 2. The van der Waals surface area contributed by atoms with Gasteiger partial charge in [0.1, 0.15) is 5.75 Å². The molecular formula is C14H20N2O2. The number of rotatable bonds is 5. The molecule has 2 N–H and O–H groups in total. The molecule has 0 saturated heterocycles. The summed E-state index contributed by atoms with van der Waals surface area (Å²) in [7, 11) is 1.62. The molecule has 0 unspecified atom stereocenters. The van der Waals surface area contributed by atoms with Gasteiger partial charge < -0.3 is 15.4 Å². The van der Waals surface area contributed by atoms with E-state index in [1.54, 1.807) is 19.4 Å². The van der Waals surface area contributed by atoms with Crippen LogP contribution in [0, 0.1) is 5.92 Å². The van der Waals surface area contributed by atoms with E-state index in [4.69, 9.17) is 4.74 Å². The van der Waals surface area contributed by atoms with Crippen molar-refractivity contribution in [3.05, 3.63) is 36.0 Å². The second-order valence-corrected chi connectivity index (χ2v) is 4.32. The first kappa shape index (κ1) is 14.1. The minimum atomic E-state index is -0.199. The summed E-state index contributed by atoms with van der Waals surface area (Å²) in [5.41, 5.74) is 0.921. The van der Waals surface area contributed by atoms with Gasteiger partial charge in [0.05, 0.1) is 7.11 Å². The van der Waals surface area contributed by atoms with Crippen LogP contribution in [0.3, 0.4) is 0 Å². The molecule has 0 aliphatic heterocycles. The number of benzene rings is 1. The van der Waals surface area contributed by atoms with Gasteiger partial charge >= 0.3 is 6.03 Å². The number of carbonyl (C=O) groups excluding carboxylic acids is 1. The molecule has 0 aliphatic carbocycles. The van der Waals surface area contributed by atoms with Crippen molar-refractivity contribution >= 4 is 12.1 Å². The van der Waals surface area contributed by atoms with Crippen LogP contribution in [-0.2, 0) is 0 Å². The minimum Gasteiger partial charge on any atom is -0.496 e. The molecule has 0 heterocycles. The zero-order valence-electron chi connectivity index (χ0n) is 11.1. The highest BCUT2D eigenvalue weighted by Crippen LogP contribution is 2.18. The topological polar surface area (TPSA) is 50.4 Å². The smallest absolute Gasteiger partial charge is 0.318 e. The Kier molecular flexibility index (Phi) is 5.77. The van der Waals surface area contributed by atoms with Gasteiger partial charge in [0.15, 0.2) is 0 Å². The molecule has 0 aromatic heterocycles. The molecule has 0 spiro atoms. The number of methoxy groups -OCH3 is 1. The van der Waals surface area contributed by atoms with Crippen LogP contribution in [0.5, 0.6) is 5.75 Å². The Balaban J connectivity index is 2.47. The Bertz CT molecular complexity index is 414. The second kappa shape index (κ2) is 7.37. The van der Waals surface area contributed by atoms with Crippen molar-refractivity contribution in [3.8, 4) is 5.75 Å². The summed E-state index contributed by atoms with van der Waals surface area (Å²) in [6, 6.07) is 7.41. The average Bonchev–Trinajstić information content (AvgIpc) is 2.37. The largest absolute Gasteiger partial charge is 0.496 e. The van der Waals surface area contributed by atoms with Crippen LogP contribution in [0.4, 0.5) is 4.79 Å². The summed E-state index contributed by atoms with van der Waals surface area (Å²) in [6.45, 7) is 4.75. The standard InChI is InChI=1S/C14H20N2O2/c1-11(2)10-16-14(17)15-9-8-12-6-4-5-7-13(12)18-3/h4-9,11H,10H2,1-3H3,(H2,15,16,17)/b9-8+. The number of ether oxygens (including phenoxy) is 1. The third-order valence-electron chi connectivity index (χ3n) is 2.29. The first-order valence-electron chi connectivity index (χ1n) is 5.97. The highest BCUT2D eigenvalue weighted by Gasteiger charge is 1.99. The van der Waals surface area contributed by atoms with Crippen molar-refractivity contribution in [1.82, 2.24) is 10.6 Å². The molecule has 1 rings (SSSR count). The van der Waals surface area contributed by atoms with Crippen LogP contribution < -0.4 is 15.4 Å². The van der Waals surface area contributed by atoms with Crippen LogP contribution in [0.25, 0.3) is 6.08 Å². The molecule has 1 aromatic rings. The van der Waals surface area contributed by atoms with E-state index in [-0.39, 0.29) is 6.03 Å². The van der Waals surface area contributed by atoms with E-state index in [9.17, 15) is 4.79 Å². The van der Waals surface area contributed by atoms with Gasteiger partial charge in [0, 0.05) is 18.3 Å². The van der Waals surface area contributed by atoms with Gasteiger partial charge in [-0.3, -0.25) is 0 Å². The molecule has 0 fully saturated rings. The maximum atomic E-state index is 11.4. The number of amides is 2. The van der Waals surface area contributed by atoms with Crippen molar-refractivity contribution in [1.29, 1.82) is 0 Å². The van der Waals surface area contributed by atoms with Crippen molar-refractivity contribution in [2.45, 2.75) is 13.8 Å². The second-order valence-electron chi connectivity index (χ2n) is 4.32.